The molecule has 0 bridgehead atoms. The van der Waals surface area contributed by atoms with Crippen LogP contribution in [0.1, 0.15) is 26.7 Å². The molecule has 1 aliphatic heterocycles. The molecule has 0 aliphatic carbocycles. The number of likely N-dealkylation sites (N-methyl/N-ethyl adjacent to an activating group) is 1. The van der Waals surface area contributed by atoms with Gasteiger partial charge < -0.3 is 19.3 Å². The molecule has 4 aromatic rings. The van der Waals surface area contributed by atoms with Gasteiger partial charge in [0.15, 0.2) is 0 Å². The Hall–Kier alpha value is -4.16. The molecular formula is C31H39N7O4S. The highest BCUT2D eigenvalue weighted by Crippen LogP contribution is 2.33. The molecule has 1 aliphatic rings. The van der Waals surface area contributed by atoms with Gasteiger partial charge in [0.25, 0.3) is 10.0 Å². The van der Waals surface area contributed by atoms with Crippen molar-refractivity contribution in [2.24, 2.45) is 13.0 Å². The van der Waals surface area contributed by atoms with Crippen molar-refractivity contribution in [3.63, 3.8) is 0 Å². The van der Waals surface area contributed by atoms with Gasteiger partial charge in [0.05, 0.1) is 18.5 Å². The van der Waals surface area contributed by atoms with E-state index in [9.17, 15) is 8.42 Å². The van der Waals surface area contributed by atoms with Crippen molar-refractivity contribution in [3.8, 4) is 28.6 Å². The minimum Gasteiger partial charge on any atom is -0.493 e. The number of nitrogens with zero attached hydrogens (tertiary/aromatic N) is 6. The first kappa shape index (κ1) is 30.3. The van der Waals surface area contributed by atoms with E-state index in [0.29, 0.717) is 35.3 Å². The van der Waals surface area contributed by atoms with Crippen LogP contribution in [0.2, 0.25) is 0 Å². The zero-order valence-corrected chi connectivity index (χ0v) is 25.9. The number of hydrogen-bond donors (Lipinski definition) is 1. The molecule has 0 amide bonds. The summed E-state index contributed by atoms with van der Waals surface area (Å²) in [4.78, 5) is 13.6. The Balaban J connectivity index is 1.43. The van der Waals surface area contributed by atoms with Crippen LogP contribution in [0.4, 0.5) is 11.6 Å². The maximum Gasteiger partial charge on any atom is 0.267 e. The van der Waals surface area contributed by atoms with E-state index in [0.717, 1.165) is 44.7 Å². The number of ether oxygens (including phenoxy) is 2. The number of hydrogen-bond acceptors (Lipinski definition) is 9. The molecule has 2 aromatic carbocycles. The van der Waals surface area contributed by atoms with Crippen LogP contribution in [0.3, 0.4) is 0 Å². The van der Waals surface area contributed by atoms with Crippen molar-refractivity contribution < 1.29 is 17.9 Å². The molecule has 5 rings (SSSR count). The summed E-state index contributed by atoms with van der Waals surface area (Å²) in [6.45, 7) is 8.89. The Morgan fingerprint density at radius 3 is 2.42 bits per heavy atom. The van der Waals surface area contributed by atoms with Crippen LogP contribution < -0.4 is 19.1 Å². The fourth-order valence-electron chi connectivity index (χ4n) is 4.77. The zero-order chi connectivity index (χ0) is 30.4. The summed E-state index contributed by atoms with van der Waals surface area (Å²) in [5.74, 6) is 1.87. The standard InChI is InChI=1S/C31H39N7O4S/c1-23(2)8-7-19-41-29-10-6-5-9-27(29)28-20-30(34-31(33-28)35-43(39,40)26-21-32-37(4)22-26)42-25-13-11-24(12-14-25)38-17-15-36(3)16-18-38/h5-6,9-14,20-23H,7-8,15-19H2,1-4H3,(H,33,34,35). The molecular weight excluding hydrogens is 566 g/mol. The van der Waals surface area contributed by atoms with Crippen LogP contribution in [0.25, 0.3) is 11.3 Å². The molecule has 0 atom stereocenters. The van der Waals surface area contributed by atoms with E-state index in [1.807, 2.05) is 48.5 Å². The van der Waals surface area contributed by atoms with E-state index in [2.05, 4.69) is 50.5 Å². The quantitative estimate of drug-likeness (QED) is 0.222. The largest absolute Gasteiger partial charge is 0.493 e. The van der Waals surface area contributed by atoms with E-state index < -0.39 is 10.0 Å². The molecule has 0 unspecified atom stereocenters. The fourth-order valence-corrected chi connectivity index (χ4v) is 5.69. The van der Waals surface area contributed by atoms with Gasteiger partial charge in [-0.05, 0) is 62.2 Å². The lowest BCUT2D eigenvalue weighted by molar-refractivity contribution is 0.299. The normalized spacial score (nSPS) is 14.2. The molecule has 1 saturated heterocycles. The third-order valence-corrected chi connectivity index (χ3v) is 8.48. The van der Waals surface area contributed by atoms with Gasteiger partial charge in [-0.1, -0.05) is 26.0 Å². The van der Waals surface area contributed by atoms with Crippen molar-refractivity contribution >= 4 is 21.7 Å². The first-order chi connectivity index (χ1) is 20.7. The third-order valence-electron chi connectivity index (χ3n) is 7.19. The van der Waals surface area contributed by atoms with Crippen LogP contribution in [0.15, 0.2) is 71.9 Å². The van der Waals surface area contributed by atoms with Crippen LogP contribution in [-0.4, -0.2) is 72.9 Å². The molecule has 0 radical (unpaired) electrons. The van der Waals surface area contributed by atoms with Gasteiger partial charge >= 0.3 is 0 Å². The van der Waals surface area contributed by atoms with E-state index in [-0.39, 0.29) is 16.7 Å². The first-order valence-electron chi connectivity index (χ1n) is 14.5. The van der Waals surface area contributed by atoms with Crippen molar-refractivity contribution in [1.29, 1.82) is 0 Å². The Kier molecular flexibility index (Phi) is 9.46. The van der Waals surface area contributed by atoms with Crippen LogP contribution in [-0.2, 0) is 17.1 Å². The Bertz CT molecular complexity index is 1620. The number of nitrogens with one attached hydrogen (secondary N) is 1. The van der Waals surface area contributed by atoms with Gasteiger partial charge in [-0.25, -0.2) is 18.1 Å². The summed E-state index contributed by atoms with van der Waals surface area (Å²) in [5.41, 5.74) is 2.28. The summed E-state index contributed by atoms with van der Waals surface area (Å²) in [7, 11) is -0.213. The number of benzene rings is 2. The lowest BCUT2D eigenvalue weighted by Crippen LogP contribution is -2.44. The number of piperazine rings is 1. The minimum atomic E-state index is -3.99. The average Bonchev–Trinajstić information content (AvgIpc) is 3.43. The molecule has 1 fully saturated rings. The fraction of sp³-hybridized carbons (Fsp3) is 0.387. The smallest absolute Gasteiger partial charge is 0.267 e. The molecule has 1 N–H and O–H groups in total. The topological polar surface area (TPSA) is 115 Å². The van der Waals surface area contributed by atoms with E-state index >= 15 is 0 Å². The summed E-state index contributed by atoms with van der Waals surface area (Å²) in [5, 5.41) is 3.98. The summed E-state index contributed by atoms with van der Waals surface area (Å²) in [6, 6.07) is 17.1. The second-order valence-corrected chi connectivity index (χ2v) is 12.8. The average molecular weight is 606 g/mol. The van der Waals surface area contributed by atoms with Crippen LogP contribution >= 0.6 is 0 Å². The van der Waals surface area contributed by atoms with Crippen molar-refractivity contribution in [1.82, 2.24) is 24.6 Å². The highest BCUT2D eigenvalue weighted by Gasteiger charge is 2.21. The number of sulfonamides is 1. The maximum absolute atomic E-state index is 13.1. The van der Waals surface area contributed by atoms with Gasteiger partial charge in [0.1, 0.15) is 16.4 Å². The molecule has 11 nitrogen and oxygen atoms in total. The second kappa shape index (κ2) is 13.4. The molecule has 0 spiro atoms. The summed E-state index contributed by atoms with van der Waals surface area (Å²) in [6.07, 6.45) is 4.66. The van der Waals surface area contributed by atoms with Gasteiger partial charge in [-0.15, -0.1) is 0 Å². The molecule has 0 saturated carbocycles. The van der Waals surface area contributed by atoms with E-state index in [1.54, 1.807) is 13.1 Å². The van der Waals surface area contributed by atoms with Crippen molar-refractivity contribution in [3.05, 3.63) is 67.0 Å². The second-order valence-electron chi connectivity index (χ2n) is 11.1. The number of anilines is 2. The molecule has 12 heteroatoms. The monoisotopic (exact) mass is 605 g/mol. The van der Waals surface area contributed by atoms with Crippen LogP contribution in [0.5, 0.6) is 17.4 Å². The molecule has 2 aromatic heterocycles. The summed E-state index contributed by atoms with van der Waals surface area (Å²) >= 11 is 0. The number of aromatic nitrogens is 4. The van der Waals surface area contributed by atoms with Gasteiger partial charge in [-0.2, -0.15) is 10.1 Å². The minimum absolute atomic E-state index is 0.000136. The van der Waals surface area contributed by atoms with E-state index in [4.69, 9.17) is 9.47 Å². The van der Waals surface area contributed by atoms with Gasteiger partial charge in [0, 0.05) is 56.7 Å². The molecule has 3 heterocycles. The Morgan fingerprint density at radius 2 is 1.72 bits per heavy atom. The third kappa shape index (κ3) is 8.02. The SMILES string of the molecule is CC(C)CCCOc1ccccc1-c1cc(Oc2ccc(N3CCN(C)CC3)cc2)nc(NS(=O)(=O)c2cnn(C)c2)n1. The van der Waals surface area contributed by atoms with Crippen LogP contribution in [0, 0.1) is 5.92 Å². The van der Waals surface area contributed by atoms with Crippen molar-refractivity contribution in [2.75, 3.05) is 49.5 Å². The predicted octanol–water partition coefficient (Wildman–Crippen LogP) is 5.04. The highest BCUT2D eigenvalue weighted by molar-refractivity contribution is 7.92. The van der Waals surface area contributed by atoms with Gasteiger partial charge in [-0.3, -0.25) is 4.68 Å². The van der Waals surface area contributed by atoms with E-state index in [1.165, 1.54) is 17.1 Å². The van der Waals surface area contributed by atoms with Gasteiger partial charge in [0.2, 0.25) is 11.8 Å². The maximum atomic E-state index is 13.1. The zero-order valence-electron chi connectivity index (χ0n) is 25.1. The van der Waals surface area contributed by atoms with Crippen molar-refractivity contribution in [2.45, 2.75) is 31.6 Å². The molecule has 43 heavy (non-hydrogen) atoms. The Morgan fingerprint density at radius 1 is 0.977 bits per heavy atom. The summed E-state index contributed by atoms with van der Waals surface area (Å²) < 4.78 is 42.4. The predicted molar refractivity (Wildman–Crippen MR) is 167 cm³/mol. The molecule has 228 valence electrons. The highest BCUT2D eigenvalue weighted by atomic mass is 32.2. The Labute approximate surface area is 253 Å². The number of rotatable bonds is 12. The lowest BCUT2D eigenvalue weighted by Gasteiger charge is -2.34. The lowest BCUT2D eigenvalue weighted by atomic mass is 10.1. The first-order valence-corrected chi connectivity index (χ1v) is 16.0. The number of aryl methyl sites for hydroxylation is 1. The number of para-hydroxylation sites is 1.